The van der Waals surface area contributed by atoms with Gasteiger partial charge in [0.1, 0.15) is 18.2 Å². The summed E-state index contributed by atoms with van der Waals surface area (Å²) < 4.78 is 19.3. The Bertz CT molecular complexity index is 999. The first-order valence-corrected chi connectivity index (χ1v) is 8.42. The van der Waals surface area contributed by atoms with Gasteiger partial charge in [0, 0.05) is 17.3 Å². The van der Waals surface area contributed by atoms with Crippen molar-refractivity contribution < 1.29 is 9.13 Å². The van der Waals surface area contributed by atoms with Gasteiger partial charge < -0.3 is 4.74 Å². The predicted molar refractivity (Wildman–Crippen MR) is 103 cm³/mol. The molecule has 3 rings (SSSR count). The van der Waals surface area contributed by atoms with Crippen molar-refractivity contribution in [2.24, 2.45) is 5.10 Å². The van der Waals surface area contributed by atoms with Gasteiger partial charge in [-0.15, -0.1) is 0 Å². The summed E-state index contributed by atoms with van der Waals surface area (Å²) in [4.78, 5) is 18.0. The number of ether oxygens (including phenoxy) is 1. The van der Waals surface area contributed by atoms with Crippen LogP contribution in [0.25, 0.3) is 0 Å². The number of aryl methyl sites for hydroxylation is 1. The van der Waals surface area contributed by atoms with Crippen molar-refractivity contribution in [1.82, 2.24) is 9.97 Å². The van der Waals surface area contributed by atoms with Crippen LogP contribution in [0.5, 0.6) is 5.75 Å². The molecule has 0 aliphatic heterocycles. The standard InChI is InChI=1S/C19H16ClFN4O2/c1-12-9-18(26)24-19(23-12)25-22-10-13-5-7-14(8-6-13)27-11-15-16(20)3-2-4-17(15)21/h2-10H,11H2,1H3,(H2,23,24,25,26)/b22-10+. The summed E-state index contributed by atoms with van der Waals surface area (Å²) in [6, 6.07) is 12.9. The zero-order valence-corrected chi connectivity index (χ0v) is 15.1. The Balaban J connectivity index is 1.59. The van der Waals surface area contributed by atoms with Crippen LogP contribution in [0.4, 0.5) is 10.3 Å². The number of hydrazone groups is 1. The van der Waals surface area contributed by atoms with Gasteiger partial charge in [-0.2, -0.15) is 5.10 Å². The molecule has 8 heteroatoms. The molecule has 0 amide bonds. The molecule has 0 saturated carbocycles. The highest BCUT2D eigenvalue weighted by molar-refractivity contribution is 6.31. The molecule has 0 bridgehead atoms. The smallest absolute Gasteiger partial charge is 0.252 e. The van der Waals surface area contributed by atoms with E-state index in [1.54, 1.807) is 49.5 Å². The molecule has 6 nitrogen and oxygen atoms in total. The maximum atomic E-state index is 13.7. The van der Waals surface area contributed by atoms with Gasteiger partial charge in [0.15, 0.2) is 0 Å². The summed E-state index contributed by atoms with van der Waals surface area (Å²) in [5, 5.41) is 4.35. The average molecular weight is 387 g/mol. The fourth-order valence-corrected chi connectivity index (χ4v) is 2.49. The number of nitrogens with one attached hydrogen (secondary N) is 2. The maximum Gasteiger partial charge on any atom is 0.252 e. The van der Waals surface area contributed by atoms with E-state index in [0.717, 1.165) is 5.56 Å². The number of aromatic amines is 1. The highest BCUT2D eigenvalue weighted by Crippen LogP contribution is 2.21. The third-order valence-corrected chi connectivity index (χ3v) is 3.93. The molecule has 0 aliphatic carbocycles. The molecule has 2 aromatic carbocycles. The average Bonchev–Trinajstić information content (AvgIpc) is 2.62. The Labute approximate surface area is 159 Å². The van der Waals surface area contributed by atoms with Crippen LogP contribution in [-0.4, -0.2) is 16.2 Å². The fraction of sp³-hybridized carbons (Fsp3) is 0.105. The van der Waals surface area contributed by atoms with E-state index >= 15 is 0 Å². The number of anilines is 1. The molecule has 2 N–H and O–H groups in total. The van der Waals surface area contributed by atoms with E-state index in [9.17, 15) is 9.18 Å². The lowest BCUT2D eigenvalue weighted by Crippen LogP contribution is -2.10. The van der Waals surface area contributed by atoms with Crippen molar-refractivity contribution in [2.75, 3.05) is 5.43 Å². The lowest BCUT2D eigenvalue weighted by atomic mass is 10.2. The molecule has 27 heavy (non-hydrogen) atoms. The van der Waals surface area contributed by atoms with E-state index in [-0.39, 0.29) is 18.1 Å². The van der Waals surface area contributed by atoms with Gasteiger partial charge in [0.25, 0.3) is 5.56 Å². The van der Waals surface area contributed by atoms with Crippen molar-refractivity contribution in [3.8, 4) is 5.75 Å². The van der Waals surface area contributed by atoms with Gasteiger partial charge >= 0.3 is 0 Å². The second-order valence-electron chi connectivity index (χ2n) is 5.66. The summed E-state index contributed by atoms with van der Waals surface area (Å²) in [5.41, 5.74) is 4.11. The zero-order chi connectivity index (χ0) is 19.2. The van der Waals surface area contributed by atoms with Crippen LogP contribution in [0.3, 0.4) is 0 Å². The maximum absolute atomic E-state index is 13.7. The lowest BCUT2D eigenvalue weighted by Gasteiger charge is -2.09. The molecular weight excluding hydrogens is 371 g/mol. The van der Waals surface area contributed by atoms with Crippen molar-refractivity contribution in [1.29, 1.82) is 0 Å². The van der Waals surface area contributed by atoms with E-state index in [4.69, 9.17) is 16.3 Å². The van der Waals surface area contributed by atoms with Crippen molar-refractivity contribution >= 4 is 23.8 Å². The van der Waals surface area contributed by atoms with Crippen LogP contribution >= 0.6 is 11.6 Å². The summed E-state index contributed by atoms with van der Waals surface area (Å²) in [6.45, 7) is 1.75. The van der Waals surface area contributed by atoms with Crippen LogP contribution < -0.4 is 15.7 Å². The third kappa shape index (κ3) is 5.15. The van der Waals surface area contributed by atoms with Crippen molar-refractivity contribution in [3.05, 3.63) is 86.5 Å². The van der Waals surface area contributed by atoms with Gasteiger partial charge in [-0.1, -0.05) is 17.7 Å². The number of halogens is 2. The Hall–Kier alpha value is -3.19. The van der Waals surface area contributed by atoms with E-state index in [2.05, 4.69) is 20.5 Å². The summed E-state index contributed by atoms with van der Waals surface area (Å²) in [6.07, 6.45) is 1.57. The molecule has 0 saturated heterocycles. The second-order valence-corrected chi connectivity index (χ2v) is 6.07. The number of benzene rings is 2. The highest BCUT2D eigenvalue weighted by atomic mass is 35.5. The summed E-state index contributed by atoms with van der Waals surface area (Å²) >= 11 is 5.98. The molecule has 0 atom stereocenters. The molecule has 0 unspecified atom stereocenters. The molecule has 1 heterocycles. The van der Waals surface area contributed by atoms with Gasteiger partial charge in [0.05, 0.1) is 11.2 Å². The Morgan fingerprint density at radius 1 is 1.30 bits per heavy atom. The quantitative estimate of drug-likeness (QED) is 0.497. The van der Waals surface area contributed by atoms with Gasteiger partial charge in [0.2, 0.25) is 5.95 Å². The highest BCUT2D eigenvalue weighted by Gasteiger charge is 2.07. The minimum absolute atomic E-state index is 0.0346. The number of H-pyrrole nitrogens is 1. The fourth-order valence-electron chi connectivity index (χ4n) is 2.28. The minimum Gasteiger partial charge on any atom is -0.489 e. The Kier molecular flexibility index (Phi) is 5.83. The first-order chi connectivity index (χ1) is 13.0. The molecule has 1 aromatic heterocycles. The first-order valence-electron chi connectivity index (χ1n) is 8.04. The SMILES string of the molecule is Cc1cc(=O)[nH]c(N/N=C/c2ccc(OCc3c(F)cccc3Cl)cc2)n1. The normalized spacial score (nSPS) is 10.9. The summed E-state index contributed by atoms with van der Waals surface area (Å²) in [7, 11) is 0. The van der Waals surface area contributed by atoms with Crippen molar-refractivity contribution in [3.63, 3.8) is 0 Å². The molecule has 0 radical (unpaired) electrons. The van der Waals surface area contributed by atoms with E-state index in [1.165, 1.54) is 12.1 Å². The topological polar surface area (TPSA) is 79.4 Å². The zero-order valence-electron chi connectivity index (χ0n) is 14.4. The van der Waals surface area contributed by atoms with Crippen molar-refractivity contribution in [2.45, 2.75) is 13.5 Å². The molecule has 0 fully saturated rings. The molecular formula is C19H16ClFN4O2. The monoisotopic (exact) mass is 386 g/mol. The van der Waals surface area contributed by atoms with Crippen LogP contribution in [0.2, 0.25) is 5.02 Å². The van der Waals surface area contributed by atoms with Crippen LogP contribution in [0.1, 0.15) is 16.8 Å². The minimum atomic E-state index is -0.403. The third-order valence-electron chi connectivity index (χ3n) is 3.58. The van der Waals surface area contributed by atoms with E-state index < -0.39 is 5.82 Å². The molecule has 138 valence electrons. The number of hydrogen-bond acceptors (Lipinski definition) is 5. The second kappa shape index (κ2) is 8.46. The molecule has 0 aliphatic rings. The molecule has 0 spiro atoms. The Morgan fingerprint density at radius 3 is 2.78 bits per heavy atom. The number of hydrogen-bond donors (Lipinski definition) is 2. The lowest BCUT2D eigenvalue weighted by molar-refractivity contribution is 0.300. The summed E-state index contributed by atoms with van der Waals surface area (Å²) in [5.74, 6) is 0.433. The van der Waals surface area contributed by atoms with Crippen LogP contribution in [0, 0.1) is 12.7 Å². The number of aromatic nitrogens is 2. The van der Waals surface area contributed by atoms with Crippen LogP contribution in [0.15, 0.2) is 58.4 Å². The number of rotatable bonds is 6. The Morgan fingerprint density at radius 2 is 2.07 bits per heavy atom. The van der Waals surface area contributed by atoms with E-state index in [0.29, 0.717) is 22.0 Å². The van der Waals surface area contributed by atoms with Gasteiger partial charge in [-0.05, 0) is 48.9 Å². The first kappa shape index (κ1) is 18.6. The molecule has 3 aromatic rings. The largest absolute Gasteiger partial charge is 0.489 e. The van der Waals surface area contributed by atoms with E-state index in [1.807, 2.05) is 0 Å². The van der Waals surface area contributed by atoms with Crippen LogP contribution in [-0.2, 0) is 6.61 Å². The number of nitrogens with zero attached hydrogens (tertiary/aromatic N) is 2. The predicted octanol–water partition coefficient (Wildman–Crippen LogP) is 3.90. The van der Waals surface area contributed by atoms with Gasteiger partial charge in [-0.25, -0.2) is 14.8 Å². The van der Waals surface area contributed by atoms with Gasteiger partial charge in [-0.3, -0.25) is 9.78 Å².